The van der Waals surface area contributed by atoms with Crippen LogP contribution >= 0.6 is 0 Å². The highest BCUT2D eigenvalue weighted by Gasteiger charge is 2.25. The lowest BCUT2D eigenvalue weighted by atomic mass is 9.93. The van der Waals surface area contributed by atoms with Gasteiger partial charge in [-0.25, -0.2) is 19.7 Å². The minimum absolute atomic E-state index is 0.0205. The summed E-state index contributed by atoms with van der Waals surface area (Å²) in [6, 6.07) is 1.67. The largest absolute Gasteiger partial charge is 0.446 e. The van der Waals surface area contributed by atoms with Crippen molar-refractivity contribution in [2.45, 2.75) is 44.8 Å². The Morgan fingerprint density at radius 2 is 2.04 bits per heavy atom. The highest BCUT2D eigenvalue weighted by molar-refractivity contribution is 5.92. The quantitative estimate of drug-likeness (QED) is 0.856. The first-order valence-electron chi connectivity index (χ1n) is 8.12. The summed E-state index contributed by atoms with van der Waals surface area (Å²) in [6.45, 7) is 1.81. The molecule has 1 aliphatic carbocycles. The fourth-order valence-electron chi connectivity index (χ4n) is 2.91. The number of rotatable bonds is 4. The molecule has 1 saturated carbocycles. The maximum atomic E-state index is 12.5. The highest BCUT2D eigenvalue weighted by Crippen LogP contribution is 2.21. The van der Waals surface area contributed by atoms with Crippen LogP contribution in [0.2, 0.25) is 0 Å². The zero-order chi connectivity index (χ0) is 17.8. The molecule has 0 bridgehead atoms. The number of hydrogen-bond donors (Lipinski definition) is 2. The molecule has 1 aliphatic rings. The Morgan fingerprint density at radius 1 is 1.28 bits per heavy atom. The number of nitrogens with one attached hydrogen (secondary N) is 1. The fraction of sp³-hybridized carbons (Fsp3) is 0.438. The van der Waals surface area contributed by atoms with Gasteiger partial charge < -0.3 is 15.8 Å². The summed E-state index contributed by atoms with van der Waals surface area (Å²) in [7, 11) is 0. The van der Waals surface area contributed by atoms with E-state index in [4.69, 9.17) is 10.5 Å². The Bertz CT molecular complexity index is 753. The molecule has 0 aliphatic heterocycles. The van der Waals surface area contributed by atoms with E-state index >= 15 is 0 Å². The Hall–Kier alpha value is -2.97. The summed E-state index contributed by atoms with van der Waals surface area (Å²) in [4.78, 5) is 35.9. The van der Waals surface area contributed by atoms with Crippen LogP contribution in [-0.2, 0) is 4.74 Å². The maximum absolute atomic E-state index is 12.5. The van der Waals surface area contributed by atoms with Gasteiger partial charge in [-0.3, -0.25) is 9.36 Å². The van der Waals surface area contributed by atoms with Gasteiger partial charge in [-0.05, 0) is 38.7 Å². The van der Waals surface area contributed by atoms with E-state index in [1.165, 1.54) is 0 Å². The average molecular weight is 344 g/mol. The van der Waals surface area contributed by atoms with Gasteiger partial charge in [0.05, 0.1) is 0 Å². The third-order valence-electron chi connectivity index (χ3n) is 4.10. The monoisotopic (exact) mass is 344 g/mol. The second-order valence-electron chi connectivity index (χ2n) is 6.05. The standard InChI is InChI=1S/C16H20N6O3/c1-10-8-13(21-16(19-10)22-7-6-18-9-22)14(23)20-11-2-4-12(5-3-11)25-15(17)24/h6-9,11-12H,2-5H2,1H3,(H2,17,24)(H,20,23)/t11-,12-. The van der Waals surface area contributed by atoms with Crippen LogP contribution < -0.4 is 11.1 Å². The van der Waals surface area contributed by atoms with Crippen molar-refractivity contribution in [2.24, 2.45) is 5.73 Å². The van der Waals surface area contributed by atoms with E-state index in [9.17, 15) is 9.59 Å². The van der Waals surface area contributed by atoms with E-state index in [1.807, 2.05) is 6.92 Å². The van der Waals surface area contributed by atoms with Crippen molar-refractivity contribution in [1.82, 2.24) is 24.8 Å². The van der Waals surface area contributed by atoms with E-state index in [1.54, 1.807) is 29.4 Å². The van der Waals surface area contributed by atoms with Gasteiger partial charge in [0.25, 0.3) is 5.91 Å². The number of aryl methyl sites for hydroxylation is 1. The van der Waals surface area contributed by atoms with Crippen LogP contribution in [-0.4, -0.2) is 43.7 Å². The van der Waals surface area contributed by atoms with Crippen molar-refractivity contribution >= 4 is 12.0 Å². The predicted octanol–water partition coefficient (Wildman–Crippen LogP) is 1.11. The van der Waals surface area contributed by atoms with E-state index < -0.39 is 6.09 Å². The maximum Gasteiger partial charge on any atom is 0.404 e. The molecule has 2 aromatic rings. The fourth-order valence-corrected chi connectivity index (χ4v) is 2.91. The van der Waals surface area contributed by atoms with Crippen molar-refractivity contribution in [3.05, 3.63) is 36.2 Å². The molecule has 2 aromatic heterocycles. The number of aromatic nitrogens is 4. The van der Waals surface area contributed by atoms with Crippen molar-refractivity contribution in [3.8, 4) is 5.95 Å². The van der Waals surface area contributed by atoms with Gasteiger partial charge in [0.2, 0.25) is 5.95 Å². The predicted molar refractivity (Wildman–Crippen MR) is 88.1 cm³/mol. The number of hydrogen-bond acceptors (Lipinski definition) is 6. The van der Waals surface area contributed by atoms with Crippen LogP contribution in [0.4, 0.5) is 4.79 Å². The summed E-state index contributed by atoms with van der Waals surface area (Å²) in [5, 5.41) is 2.98. The Morgan fingerprint density at radius 3 is 2.68 bits per heavy atom. The number of amides is 2. The lowest BCUT2D eigenvalue weighted by Crippen LogP contribution is -2.40. The van der Waals surface area contributed by atoms with Gasteiger partial charge in [0.15, 0.2) is 0 Å². The van der Waals surface area contributed by atoms with Crippen LogP contribution in [0.25, 0.3) is 5.95 Å². The lowest BCUT2D eigenvalue weighted by molar-refractivity contribution is 0.0709. The molecule has 9 heteroatoms. The normalized spacial score (nSPS) is 20.0. The number of carbonyl (C=O) groups is 2. The van der Waals surface area contributed by atoms with Crippen molar-refractivity contribution < 1.29 is 14.3 Å². The Balaban J connectivity index is 1.63. The first-order chi connectivity index (χ1) is 12.0. The first-order valence-corrected chi connectivity index (χ1v) is 8.12. The van der Waals surface area contributed by atoms with Crippen LogP contribution in [0, 0.1) is 6.92 Å². The second-order valence-corrected chi connectivity index (χ2v) is 6.05. The van der Waals surface area contributed by atoms with Crippen LogP contribution in [0.1, 0.15) is 41.9 Å². The molecule has 0 aromatic carbocycles. The minimum atomic E-state index is -0.754. The average Bonchev–Trinajstić information content (AvgIpc) is 3.10. The van der Waals surface area contributed by atoms with Gasteiger partial charge >= 0.3 is 6.09 Å². The molecule has 25 heavy (non-hydrogen) atoms. The molecule has 2 amide bonds. The van der Waals surface area contributed by atoms with Gasteiger partial charge in [0.1, 0.15) is 18.1 Å². The minimum Gasteiger partial charge on any atom is -0.446 e. The molecule has 0 unspecified atom stereocenters. The number of nitrogens with two attached hydrogens (primary N) is 1. The first kappa shape index (κ1) is 16.9. The molecule has 0 spiro atoms. The molecular weight excluding hydrogens is 324 g/mol. The summed E-state index contributed by atoms with van der Waals surface area (Å²) in [6.07, 6.45) is 6.80. The van der Waals surface area contributed by atoms with Gasteiger partial charge in [0, 0.05) is 24.1 Å². The number of ether oxygens (including phenoxy) is 1. The molecule has 3 rings (SSSR count). The Labute approximate surface area is 144 Å². The zero-order valence-electron chi connectivity index (χ0n) is 13.9. The summed E-state index contributed by atoms with van der Waals surface area (Å²) >= 11 is 0. The third-order valence-corrected chi connectivity index (χ3v) is 4.10. The molecule has 132 valence electrons. The molecular formula is C16H20N6O3. The van der Waals surface area contributed by atoms with Gasteiger partial charge in [-0.2, -0.15) is 0 Å². The molecule has 0 saturated heterocycles. The third kappa shape index (κ3) is 4.31. The molecule has 0 radical (unpaired) electrons. The Kier molecular flexibility index (Phi) is 4.92. The second kappa shape index (κ2) is 7.29. The topological polar surface area (TPSA) is 125 Å². The molecule has 3 N–H and O–H groups in total. The van der Waals surface area contributed by atoms with Gasteiger partial charge in [-0.15, -0.1) is 0 Å². The van der Waals surface area contributed by atoms with Crippen LogP contribution in [0.3, 0.4) is 0 Å². The van der Waals surface area contributed by atoms with Crippen molar-refractivity contribution in [1.29, 1.82) is 0 Å². The molecule has 1 fully saturated rings. The summed E-state index contributed by atoms with van der Waals surface area (Å²) in [5.74, 6) is 0.160. The van der Waals surface area contributed by atoms with Crippen LogP contribution in [0.15, 0.2) is 24.8 Å². The SMILES string of the molecule is Cc1cc(C(=O)N[C@H]2CC[C@H](OC(N)=O)CC2)nc(-n2ccnc2)n1. The summed E-state index contributed by atoms with van der Waals surface area (Å²) in [5.41, 5.74) is 6.04. The lowest BCUT2D eigenvalue weighted by Gasteiger charge is -2.28. The number of nitrogens with zero attached hydrogens (tertiary/aromatic N) is 4. The van der Waals surface area contributed by atoms with E-state index in [-0.39, 0.29) is 18.1 Å². The number of carbonyl (C=O) groups excluding carboxylic acids is 2. The van der Waals surface area contributed by atoms with E-state index in [0.29, 0.717) is 30.2 Å². The zero-order valence-corrected chi connectivity index (χ0v) is 13.9. The highest BCUT2D eigenvalue weighted by atomic mass is 16.6. The van der Waals surface area contributed by atoms with E-state index in [0.717, 1.165) is 12.8 Å². The van der Waals surface area contributed by atoms with Crippen molar-refractivity contribution in [3.63, 3.8) is 0 Å². The van der Waals surface area contributed by atoms with Crippen molar-refractivity contribution in [2.75, 3.05) is 0 Å². The smallest absolute Gasteiger partial charge is 0.404 e. The molecule has 9 nitrogen and oxygen atoms in total. The number of primary amides is 1. The van der Waals surface area contributed by atoms with Gasteiger partial charge in [-0.1, -0.05) is 0 Å². The number of imidazole rings is 1. The molecule has 0 atom stereocenters. The van der Waals surface area contributed by atoms with E-state index in [2.05, 4.69) is 20.3 Å². The summed E-state index contributed by atoms with van der Waals surface area (Å²) < 4.78 is 6.65. The van der Waals surface area contributed by atoms with Crippen LogP contribution in [0.5, 0.6) is 0 Å². The molecule has 2 heterocycles.